The molecule has 0 spiro atoms. The van der Waals surface area contributed by atoms with Crippen LogP contribution in [-0.2, 0) is 14.3 Å². The van der Waals surface area contributed by atoms with Crippen molar-refractivity contribution < 1.29 is 24.2 Å². The highest BCUT2D eigenvalue weighted by atomic mass is 16.5. The summed E-state index contributed by atoms with van der Waals surface area (Å²) in [6.07, 6.45) is 4.50. The minimum absolute atomic E-state index is 0.0234. The van der Waals surface area contributed by atoms with E-state index in [0.29, 0.717) is 38.2 Å². The van der Waals surface area contributed by atoms with Crippen LogP contribution in [0.25, 0.3) is 0 Å². The summed E-state index contributed by atoms with van der Waals surface area (Å²) in [6, 6.07) is 7.44. The number of amides is 1. The van der Waals surface area contributed by atoms with Crippen molar-refractivity contribution in [3.8, 4) is 5.75 Å². The summed E-state index contributed by atoms with van der Waals surface area (Å²) in [5.74, 6) is 0.173. The van der Waals surface area contributed by atoms with Crippen LogP contribution in [0.2, 0.25) is 0 Å². The maximum Gasteiger partial charge on any atom is 0.306 e. The van der Waals surface area contributed by atoms with Gasteiger partial charge in [-0.15, -0.1) is 0 Å². The van der Waals surface area contributed by atoms with Gasteiger partial charge in [0.1, 0.15) is 5.75 Å². The fourth-order valence-electron chi connectivity index (χ4n) is 3.61. The van der Waals surface area contributed by atoms with Crippen molar-refractivity contribution in [2.75, 3.05) is 25.1 Å². The van der Waals surface area contributed by atoms with E-state index in [1.54, 1.807) is 0 Å². The molecule has 2 aliphatic rings. The predicted molar refractivity (Wildman–Crippen MR) is 97.2 cm³/mol. The van der Waals surface area contributed by atoms with Gasteiger partial charge in [0.25, 0.3) is 0 Å². The quantitative estimate of drug-likeness (QED) is 0.812. The number of nitrogens with one attached hydrogen (secondary N) is 1. The number of carbonyl (C=O) groups excluding carboxylic acids is 1. The molecule has 0 unspecified atom stereocenters. The topological polar surface area (TPSA) is 84.9 Å². The molecule has 1 aromatic rings. The van der Waals surface area contributed by atoms with Crippen LogP contribution in [0.4, 0.5) is 5.69 Å². The molecule has 6 nitrogen and oxygen atoms in total. The Hall–Kier alpha value is -2.08. The van der Waals surface area contributed by atoms with E-state index in [1.165, 1.54) is 0 Å². The maximum absolute atomic E-state index is 12.4. The summed E-state index contributed by atoms with van der Waals surface area (Å²) >= 11 is 0. The Morgan fingerprint density at radius 2 is 1.62 bits per heavy atom. The molecule has 1 heterocycles. The number of anilines is 1. The van der Waals surface area contributed by atoms with Gasteiger partial charge in [0.05, 0.1) is 12.5 Å². The average molecular weight is 361 g/mol. The first-order valence-electron chi connectivity index (χ1n) is 9.46. The first-order valence-corrected chi connectivity index (χ1v) is 9.46. The van der Waals surface area contributed by atoms with Gasteiger partial charge in [-0.1, -0.05) is 0 Å². The molecule has 0 aromatic heterocycles. The molecular formula is C20H27NO5. The van der Waals surface area contributed by atoms with E-state index in [-0.39, 0.29) is 17.7 Å². The summed E-state index contributed by atoms with van der Waals surface area (Å²) in [5, 5.41) is 12.0. The summed E-state index contributed by atoms with van der Waals surface area (Å²) < 4.78 is 11.2. The zero-order valence-electron chi connectivity index (χ0n) is 15.0. The number of carboxylic acids is 1. The highest BCUT2D eigenvalue weighted by molar-refractivity contribution is 5.92. The summed E-state index contributed by atoms with van der Waals surface area (Å²) in [4.78, 5) is 23.3. The van der Waals surface area contributed by atoms with Gasteiger partial charge in [-0.25, -0.2) is 0 Å². The van der Waals surface area contributed by atoms with Gasteiger partial charge in [-0.3, -0.25) is 9.59 Å². The number of carboxylic acid groups (broad SMARTS) is 1. The Morgan fingerprint density at radius 1 is 1.00 bits per heavy atom. The van der Waals surface area contributed by atoms with E-state index < -0.39 is 5.97 Å². The second-order valence-corrected chi connectivity index (χ2v) is 7.27. The highest BCUT2D eigenvalue weighted by Crippen LogP contribution is 2.30. The molecule has 26 heavy (non-hydrogen) atoms. The van der Waals surface area contributed by atoms with E-state index >= 15 is 0 Å². The molecule has 2 fully saturated rings. The molecule has 1 saturated carbocycles. The van der Waals surface area contributed by atoms with E-state index in [2.05, 4.69) is 5.32 Å². The molecule has 1 saturated heterocycles. The zero-order valence-corrected chi connectivity index (χ0v) is 15.0. The van der Waals surface area contributed by atoms with Crippen molar-refractivity contribution in [3.63, 3.8) is 0 Å². The molecule has 2 N–H and O–H groups in total. The number of benzene rings is 1. The van der Waals surface area contributed by atoms with Gasteiger partial charge < -0.3 is 19.9 Å². The Balaban J connectivity index is 1.43. The van der Waals surface area contributed by atoms with Gasteiger partial charge in [0.15, 0.2) is 0 Å². The van der Waals surface area contributed by atoms with Crippen molar-refractivity contribution in [2.45, 2.75) is 38.5 Å². The van der Waals surface area contributed by atoms with Crippen LogP contribution in [0.5, 0.6) is 5.75 Å². The van der Waals surface area contributed by atoms with Gasteiger partial charge in [-0.2, -0.15) is 0 Å². The lowest BCUT2D eigenvalue weighted by Gasteiger charge is -2.25. The lowest BCUT2D eigenvalue weighted by molar-refractivity contribution is -0.143. The second kappa shape index (κ2) is 9.03. The van der Waals surface area contributed by atoms with Gasteiger partial charge in [0, 0.05) is 24.8 Å². The zero-order chi connectivity index (χ0) is 18.4. The van der Waals surface area contributed by atoms with Crippen LogP contribution in [0.1, 0.15) is 38.5 Å². The molecule has 0 atom stereocenters. The van der Waals surface area contributed by atoms with Crippen molar-refractivity contribution >= 4 is 17.6 Å². The molecule has 1 aromatic carbocycles. The molecular weight excluding hydrogens is 334 g/mol. The Morgan fingerprint density at radius 3 is 2.23 bits per heavy atom. The third-order valence-corrected chi connectivity index (χ3v) is 5.40. The number of hydrogen-bond donors (Lipinski definition) is 2. The number of rotatable bonds is 6. The molecule has 3 rings (SSSR count). The minimum atomic E-state index is -0.750. The second-order valence-electron chi connectivity index (χ2n) is 7.27. The monoisotopic (exact) mass is 361 g/mol. The maximum atomic E-state index is 12.4. The predicted octanol–water partition coefficient (Wildman–Crippen LogP) is 3.32. The molecule has 142 valence electrons. The summed E-state index contributed by atoms with van der Waals surface area (Å²) in [5.41, 5.74) is 0.744. The van der Waals surface area contributed by atoms with E-state index in [9.17, 15) is 9.59 Å². The van der Waals surface area contributed by atoms with Crippen molar-refractivity contribution in [2.24, 2.45) is 17.8 Å². The Bertz CT molecular complexity index is 601. The molecule has 1 aliphatic carbocycles. The van der Waals surface area contributed by atoms with E-state index in [1.807, 2.05) is 24.3 Å². The van der Waals surface area contributed by atoms with Crippen LogP contribution in [0.3, 0.4) is 0 Å². The van der Waals surface area contributed by atoms with Crippen molar-refractivity contribution in [1.29, 1.82) is 0 Å². The Kier molecular flexibility index (Phi) is 6.50. The lowest BCUT2D eigenvalue weighted by atomic mass is 9.81. The first-order chi connectivity index (χ1) is 12.6. The van der Waals surface area contributed by atoms with Gasteiger partial charge in [-0.05, 0) is 68.7 Å². The fourth-order valence-corrected chi connectivity index (χ4v) is 3.61. The third kappa shape index (κ3) is 5.21. The summed E-state index contributed by atoms with van der Waals surface area (Å²) in [6.45, 7) is 2.32. The van der Waals surface area contributed by atoms with Crippen LogP contribution in [-0.4, -0.2) is 36.8 Å². The largest absolute Gasteiger partial charge is 0.493 e. The highest BCUT2D eigenvalue weighted by Gasteiger charge is 2.29. The molecule has 6 heteroatoms. The normalized spacial score (nSPS) is 24.0. The summed E-state index contributed by atoms with van der Waals surface area (Å²) in [7, 11) is 0. The third-order valence-electron chi connectivity index (χ3n) is 5.40. The number of carbonyl (C=O) groups is 2. The van der Waals surface area contributed by atoms with Gasteiger partial charge >= 0.3 is 5.97 Å². The number of ether oxygens (including phenoxy) is 2. The van der Waals surface area contributed by atoms with Crippen LogP contribution in [0.15, 0.2) is 24.3 Å². The minimum Gasteiger partial charge on any atom is -0.493 e. The van der Waals surface area contributed by atoms with Crippen LogP contribution >= 0.6 is 0 Å². The fraction of sp³-hybridized carbons (Fsp3) is 0.600. The Labute approximate surface area is 153 Å². The molecule has 1 amide bonds. The van der Waals surface area contributed by atoms with Crippen molar-refractivity contribution in [3.05, 3.63) is 24.3 Å². The molecule has 0 radical (unpaired) electrons. The van der Waals surface area contributed by atoms with Crippen LogP contribution in [0, 0.1) is 17.8 Å². The first kappa shape index (κ1) is 18.7. The molecule has 1 aliphatic heterocycles. The number of hydrogen-bond acceptors (Lipinski definition) is 4. The van der Waals surface area contributed by atoms with E-state index in [0.717, 1.165) is 37.5 Å². The number of aliphatic carboxylic acids is 1. The average Bonchev–Trinajstić information content (AvgIpc) is 2.68. The SMILES string of the molecule is O=C(O)C1CCC(C(=O)Nc2ccc(OCC3CCOCC3)cc2)CC1. The van der Waals surface area contributed by atoms with E-state index in [4.69, 9.17) is 14.6 Å². The van der Waals surface area contributed by atoms with Gasteiger partial charge in [0.2, 0.25) is 5.91 Å². The van der Waals surface area contributed by atoms with Crippen molar-refractivity contribution in [1.82, 2.24) is 0 Å². The standard InChI is InChI=1S/C20H27NO5/c22-19(15-1-3-16(4-2-15)20(23)24)21-17-5-7-18(8-6-17)26-13-14-9-11-25-12-10-14/h5-8,14-16H,1-4,9-13H2,(H,21,22)(H,23,24). The smallest absolute Gasteiger partial charge is 0.306 e. The lowest BCUT2D eigenvalue weighted by Crippen LogP contribution is -2.29. The van der Waals surface area contributed by atoms with Crippen LogP contribution < -0.4 is 10.1 Å². The molecule has 0 bridgehead atoms.